The largest absolute Gasteiger partial charge is 0.318 e. The van der Waals surface area contributed by atoms with E-state index < -0.39 is 15.9 Å². The second-order valence-corrected chi connectivity index (χ2v) is 9.38. The van der Waals surface area contributed by atoms with Gasteiger partial charge in [0.25, 0.3) is 5.91 Å². The molecule has 0 spiro atoms. The predicted octanol–water partition coefficient (Wildman–Crippen LogP) is 3.66. The van der Waals surface area contributed by atoms with E-state index >= 15 is 0 Å². The number of carbonyl (C=O) groups is 1. The van der Waals surface area contributed by atoms with E-state index in [1.807, 2.05) is 48.7 Å². The molecule has 0 aliphatic heterocycles. The van der Waals surface area contributed by atoms with Gasteiger partial charge in [0.15, 0.2) is 0 Å². The first-order chi connectivity index (χ1) is 14.7. The van der Waals surface area contributed by atoms with Crippen molar-refractivity contribution in [2.45, 2.75) is 13.8 Å². The number of nitrogens with zero attached hydrogens (tertiary/aromatic N) is 3. The molecule has 2 aromatic carbocycles. The normalized spacial score (nSPS) is 11.6. The molecule has 0 saturated carbocycles. The van der Waals surface area contributed by atoms with Crippen molar-refractivity contribution < 1.29 is 13.2 Å². The van der Waals surface area contributed by atoms with Crippen LogP contribution in [0.5, 0.6) is 0 Å². The summed E-state index contributed by atoms with van der Waals surface area (Å²) < 4.78 is 27.3. The van der Waals surface area contributed by atoms with Crippen molar-refractivity contribution in [3.63, 3.8) is 0 Å². The molecule has 0 aliphatic carbocycles. The summed E-state index contributed by atoms with van der Waals surface area (Å²) in [6, 6.07) is 17.9. The van der Waals surface area contributed by atoms with Gasteiger partial charge in [0.2, 0.25) is 10.0 Å². The Hall–Kier alpha value is -3.10. The topological polar surface area (TPSA) is 83.8 Å². The fourth-order valence-electron chi connectivity index (χ4n) is 3.26. The summed E-state index contributed by atoms with van der Waals surface area (Å²) in [5.41, 5.74) is 6.48. The SMILES string of the molecule is Cc1cc(/C=N\NC(=O)CN(c2ccccc2)S(C)(=O)=O)c(C)n1-c1cccc(Cl)c1. The number of aromatic nitrogens is 1. The molecule has 1 heterocycles. The Kier molecular flexibility index (Phi) is 6.82. The first-order valence-electron chi connectivity index (χ1n) is 9.46. The molecule has 0 radical (unpaired) electrons. The minimum atomic E-state index is -3.63. The van der Waals surface area contributed by atoms with Gasteiger partial charge in [-0.05, 0) is 50.2 Å². The number of anilines is 1. The molecule has 1 amide bonds. The summed E-state index contributed by atoms with van der Waals surface area (Å²) in [5, 5.41) is 4.65. The van der Waals surface area contributed by atoms with Crippen LogP contribution in [0, 0.1) is 13.8 Å². The maximum absolute atomic E-state index is 12.3. The summed E-state index contributed by atoms with van der Waals surface area (Å²) in [7, 11) is -3.63. The lowest BCUT2D eigenvalue weighted by molar-refractivity contribution is -0.119. The molecule has 0 aliphatic rings. The van der Waals surface area contributed by atoms with E-state index in [4.69, 9.17) is 11.6 Å². The Bertz CT molecular complexity index is 1220. The van der Waals surface area contributed by atoms with E-state index in [-0.39, 0.29) is 6.54 Å². The molecule has 1 N–H and O–H groups in total. The molecule has 0 saturated heterocycles. The smallest absolute Gasteiger partial charge is 0.260 e. The average Bonchev–Trinajstić information content (AvgIpc) is 2.99. The molecule has 0 fully saturated rings. The molecule has 0 atom stereocenters. The maximum Gasteiger partial charge on any atom is 0.260 e. The minimum Gasteiger partial charge on any atom is -0.318 e. The minimum absolute atomic E-state index is 0.373. The van der Waals surface area contributed by atoms with Crippen molar-refractivity contribution >= 4 is 39.4 Å². The summed E-state index contributed by atoms with van der Waals surface area (Å²) in [6.07, 6.45) is 2.59. The number of carbonyl (C=O) groups excluding carboxylic acids is 1. The second kappa shape index (κ2) is 9.36. The maximum atomic E-state index is 12.3. The van der Waals surface area contributed by atoms with Gasteiger partial charge in [0.05, 0.1) is 18.2 Å². The van der Waals surface area contributed by atoms with Gasteiger partial charge in [0, 0.05) is 27.7 Å². The van der Waals surface area contributed by atoms with Gasteiger partial charge in [-0.25, -0.2) is 13.8 Å². The number of aryl methyl sites for hydroxylation is 1. The van der Waals surface area contributed by atoms with E-state index in [1.54, 1.807) is 30.3 Å². The zero-order valence-corrected chi connectivity index (χ0v) is 19.0. The Morgan fingerprint density at radius 2 is 1.84 bits per heavy atom. The standard InChI is InChI=1S/C22H23ClN4O3S/c1-16-12-18(17(2)27(16)21-11-7-8-19(23)13-21)14-24-25-22(28)15-26(31(3,29)30)20-9-5-4-6-10-20/h4-14H,15H2,1-3H3,(H,25,28)/b24-14-. The second-order valence-electron chi connectivity index (χ2n) is 7.04. The molecule has 1 aromatic heterocycles. The van der Waals surface area contributed by atoms with Crippen LogP contribution in [0.15, 0.2) is 65.8 Å². The van der Waals surface area contributed by atoms with Crippen LogP contribution >= 0.6 is 11.6 Å². The van der Waals surface area contributed by atoms with Crippen LogP contribution < -0.4 is 9.73 Å². The van der Waals surface area contributed by atoms with Crippen molar-refractivity contribution in [2.75, 3.05) is 17.1 Å². The van der Waals surface area contributed by atoms with Crippen molar-refractivity contribution in [2.24, 2.45) is 5.10 Å². The number of para-hydroxylation sites is 1. The summed E-state index contributed by atoms with van der Waals surface area (Å²) in [5.74, 6) is -0.547. The Morgan fingerprint density at radius 3 is 2.48 bits per heavy atom. The monoisotopic (exact) mass is 458 g/mol. The molecule has 7 nitrogen and oxygen atoms in total. The van der Waals surface area contributed by atoms with E-state index in [1.165, 1.54) is 6.21 Å². The van der Waals surface area contributed by atoms with E-state index in [2.05, 4.69) is 10.5 Å². The van der Waals surface area contributed by atoms with Crippen LogP contribution in [0.3, 0.4) is 0 Å². The van der Waals surface area contributed by atoms with Gasteiger partial charge in [-0.15, -0.1) is 0 Å². The number of sulfonamides is 1. The summed E-state index contributed by atoms with van der Waals surface area (Å²) >= 11 is 6.11. The van der Waals surface area contributed by atoms with E-state index in [9.17, 15) is 13.2 Å². The average molecular weight is 459 g/mol. The lowest BCUT2D eigenvalue weighted by atomic mass is 10.2. The zero-order valence-electron chi connectivity index (χ0n) is 17.4. The lowest BCUT2D eigenvalue weighted by Crippen LogP contribution is -2.38. The quantitative estimate of drug-likeness (QED) is 0.433. The van der Waals surface area contributed by atoms with Crippen molar-refractivity contribution in [3.8, 4) is 5.69 Å². The van der Waals surface area contributed by atoms with Crippen LogP contribution in [-0.4, -0.2) is 37.9 Å². The Labute approximate surface area is 187 Å². The third kappa shape index (κ3) is 5.53. The number of hydrazone groups is 1. The number of rotatable bonds is 7. The predicted molar refractivity (Wildman–Crippen MR) is 125 cm³/mol. The highest BCUT2D eigenvalue weighted by Gasteiger charge is 2.20. The molecule has 162 valence electrons. The lowest BCUT2D eigenvalue weighted by Gasteiger charge is -2.21. The molecular formula is C22H23ClN4O3S. The first-order valence-corrected chi connectivity index (χ1v) is 11.7. The number of hydrogen-bond donors (Lipinski definition) is 1. The van der Waals surface area contributed by atoms with Gasteiger partial charge >= 0.3 is 0 Å². The highest BCUT2D eigenvalue weighted by Crippen LogP contribution is 2.22. The van der Waals surface area contributed by atoms with Crippen molar-refractivity contribution in [1.82, 2.24) is 9.99 Å². The fourth-order valence-corrected chi connectivity index (χ4v) is 4.31. The number of amides is 1. The third-order valence-electron chi connectivity index (χ3n) is 4.66. The highest BCUT2D eigenvalue weighted by molar-refractivity contribution is 7.92. The Balaban J connectivity index is 1.73. The highest BCUT2D eigenvalue weighted by atomic mass is 35.5. The van der Waals surface area contributed by atoms with Crippen LogP contribution in [0.4, 0.5) is 5.69 Å². The molecule has 3 rings (SSSR count). The summed E-state index contributed by atoms with van der Waals surface area (Å²) in [6.45, 7) is 3.53. The summed E-state index contributed by atoms with van der Waals surface area (Å²) in [4.78, 5) is 12.3. The molecule has 0 unspecified atom stereocenters. The molecule has 0 bridgehead atoms. The van der Waals surface area contributed by atoms with Crippen LogP contribution in [0.2, 0.25) is 5.02 Å². The third-order valence-corrected chi connectivity index (χ3v) is 6.04. The van der Waals surface area contributed by atoms with Gasteiger partial charge in [-0.3, -0.25) is 9.10 Å². The number of nitrogens with one attached hydrogen (secondary N) is 1. The van der Waals surface area contributed by atoms with Crippen molar-refractivity contribution in [3.05, 3.63) is 82.6 Å². The zero-order chi connectivity index (χ0) is 22.6. The van der Waals surface area contributed by atoms with Crippen LogP contribution in [-0.2, 0) is 14.8 Å². The van der Waals surface area contributed by atoms with Crippen molar-refractivity contribution in [1.29, 1.82) is 0 Å². The van der Waals surface area contributed by atoms with Crippen LogP contribution in [0.1, 0.15) is 17.0 Å². The van der Waals surface area contributed by atoms with E-state index in [0.29, 0.717) is 10.7 Å². The van der Waals surface area contributed by atoms with Crippen LogP contribution in [0.25, 0.3) is 5.69 Å². The van der Waals surface area contributed by atoms with E-state index in [0.717, 1.165) is 33.2 Å². The fraction of sp³-hybridized carbons (Fsp3) is 0.182. The molecule has 9 heteroatoms. The number of halogens is 1. The van der Waals surface area contributed by atoms with Gasteiger partial charge < -0.3 is 4.57 Å². The molecule has 31 heavy (non-hydrogen) atoms. The van der Waals surface area contributed by atoms with Gasteiger partial charge in [0.1, 0.15) is 6.54 Å². The first kappa shape index (κ1) is 22.6. The molecular weight excluding hydrogens is 436 g/mol. The number of benzene rings is 2. The van der Waals surface area contributed by atoms with Gasteiger partial charge in [-0.1, -0.05) is 35.9 Å². The molecule has 3 aromatic rings. The Morgan fingerprint density at radius 1 is 1.13 bits per heavy atom. The number of hydrogen-bond acceptors (Lipinski definition) is 4. The van der Waals surface area contributed by atoms with Gasteiger partial charge in [-0.2, -0.15) is 5.10 Å².